The van der Waals surface area contributed by atoms with E-state index in [1.165, 1.54) is 22.2 Å². The van der Waals surface area contributed by atoms with Crippen LogP contribution in [0.1, 0.15) is 25.1 Å². The first-order chi connectivity index (χ1) is 9.13. The van der Waals surface area contributed by atoms with Crippen molar-refractivity contribution in [2.24, 2.45) is 0 Å². The molecule has 1 heterocycles. The molecule has 0 aliphatic carbocycles. The predicted molar refractivity (Wildman–Crippen MR) is 90.9 cm³/mol. The van der Waals surface area contributed by atoms with Crippen molar-refractivity contribution in [2.75, 3.05) is 13.1 Å². The highest BCUT2D eigenvalue weighted by molar-refractivity contribution is 5.85. The third kappa shape index (κ3) is 3.65. The Bertz CT molecular complexity index is 557. The number of nitrogens with zero attached hydrogens (tertiary/aromatic N) is 1. The molecule has 20 heavy (non-hydrogen) atoms. The Labute approximate surface area is 128 Å². The largest absolute Gasteiger partial charge is 0.358 e. The van der Waals surface area contributed by atoms with Gasteiger partial charge in [0.15, 0.2) is 0 Å². The summed E-state index contributed by atoms with van der Waals surface area (Å²) < 4.78 is 0. The number of hydrogen-bond acceptors (Lipinski definition) is 1. The van der Waals surface area contributed by atoms with E-state index in [-0.39, 0.29) is 12.4 Å². The first-order valence-corrected chi connectivity index (χ1v) is 7.04. The average molecular weight is 293 g/mol. The molecule has 2 rings (SSSR count). The summed E-state index contributed by atoms with van der Waals surface area (Å²) in [4.78, 5) is 5.93. The summed E-state index contributed by atoms with van der Waals surface area (Å²) >= 11 is 0. The number of benzene rings is 1. The number of rotatable bonds is 6. The van der Waals surface area contributed by atoms with Crippen LogP contribution in [0.25, 0.3) is 10.9 Å². The molecule has 0 fully saturated rings. The molecule has 0 aliphatic heterocycles. The van der Waals surface area contributed by atoms with Crippen LogP contribution >= 0.6 is 12.4 Å². The molecule has 110 valence electrons. The molecule has 0 saturated heterocycles. The molecule has 0 atom stereocenters. The summed E-state index contributed by atoms with van der Waals surface area (Å²) in [6, 6.07) is 9.11. The molecular formula is C17H25ClN2. The van der Waals surface area contributed by atoms with Gasteiger partial charge in [0.2, 0.25) is 0 Å². The van der Waals surface area contributed by atoms with Crippen molar-refractivity contribution in [1.82, 2.24) is 9.88 Å². The molecule has 3 heteroatoms. The lowest BCUT2D eigenvalue weighted by Crippen LogP contribution is -2.32. The molecule has 0 bridgehead atoms. The number of hydrogen-bond donors (Lipinski definition) is 1. The van der Waals surface area contributed by atoms with Crippen molar-refractivity contribution >= 4 is 23.3 Å². The smallest absolute Gasteiger partial charge is 0.0458 e. The van der Waals surface area contributed by atoms with E-state index in [0.717, 1.165) is 19.5 Å². The zero-order valence-electron chi connectivity index (χ0n) is 12.6. The molecule has 0 amide bonds. The average Bonchev–Trinajstić information content (AvgIpc) is 2.70. The normalized spacial score (nSPS) is 11.1. The molecule has 2 aromatic rings. The van der Waals surface area contributed by atoms with Gasteiger partial charge in [0.05, 0.1) is 0 Å². The van der Waals surface area contributed by atoms with Crippen LogP contribution in [0.15, 0.2) is 36.9 Å². The van der Waals surface area contributed by atoms with Crippen molar-refractivity contribution in [2.45, 2.75) is 33.2 Å². The highest BCUT2D eigenvalue weighted by Crippen LogP contribution is 2.22. The molecule has 0 spiro atoms. The van der Waals surface area contributed by atoms with Gasteiger partial charge in [-0.1, -0.05) is 24.3 Å². The first-order valence-electron chi connectivity index (χ1n) is 7.04. The number of aromatic amines is 1. The van der Waals surface area contributed by atoms with Crippen LogP contribution in [0, 0.1) is 6.92 Å². The second-order valence-electron chi connectivity index (χ2n) is 5.40. The SMILES string of the molecule is C=CCN(CCc1c(C)[nH]c2ccccc12)C(C)C.Cl. The number of nitrogens with one attached hydrogen (secondary N) is 1. The summed E-state index contributed by atoms with van der Waals surface area (Å²) in [5, 5.41) is 1.36. The van der Waals surface area contributed by atoms with Crippen LogP contribution in [0.5, 0.6) is 0 Å². The summed E-state index contributed by atoms with van der Waals surface area (Å²) in [5.41, 5.74) is 3.99. The maximum atomic E-state index is 3.85. The van der Waals surface area contributed by atoms with Gasteiger partial charge in [0, 0.05) is 35.7 Å². The molecule has 0 aliphatic rings. The van der Waals surface area contributed by atoms with E-state index in [1.807, 2.05) is 6.08 Å². The van der Waals surface area contributed by atoms with E-state index in [2.05, 4.69) is 61.5 Å². The van der Waals surface area contributed by atoms with Gasteiger partial charge >= 0.3 is 0 Å². The Morgan fingerprint density at radius 1 is 1.30 bits per heavy atom. The first kappa shape index (κ1) is 16.8. The maximum Gasteiger partial charge on any atom is 0.0458 e. The van der Waals surface area contributed by atoms with Gasteiger partial charge in [0.1, 0.15) is 0 Å². The van der Waals surface area contributed by atoms with Crippen LogP contribution < -0.4 is 0 Å². The van der Waals surface area contributed by atoms with Gasteiger partial charge in [-0.3, -0.25) is 4.90 Å². The lowest BCUT2D eigenvalue weighted by atomic mass is 10.1. The zero-order valence-corrected chi connectivity index (χ0v) is 13.5. The van der Waals surface area contributed by atoms with Crippen molar-refractivity contribution in [3.63, 3.8) is 0 Å². The maximum absolute atomic E-state index is 3.85. The van der Waals surface area contributed by atoms with Crippen LogP contribution in [0.3, 0.4) is 0 Å². The van der Waals surface area contributed by atoms with Crippen molar-refractivity contribution in [3.8, 4) is 0 Å². The van der Waals surface area contributed by atoms with E-state index < -0.39 is 0 Å². The predicted octanol–water partition coefficient (Wildman–Crippen LogP) is 4.34. The van der Waals surface area contributed by atoms with E-state index in [9.17, 15) is 0 Å². The Hall–Kier alpha value is -1.25. The summed E-state index contributed by atoms with van der Waals surface area (Å²) in [5.74, 6) is 0. The van der Waals surface area contributed by atoms with Gasteiger partial charge in [-0.25, -0.2) is 0 Å². The number of aromatic nitrogens is 1. The topological polar surface area (TPSA) is 19.0 Å². The van der Waals surface area contributed by atoms with Gasteiger partial charge < -0.3 is 4.98 Å². The third-order valence-corrected chi connectivity index (χ3v) is 3.77. The standard InChI is InChI=1S/C17H24N2.ClH/c1-5-11-19(13(2)3)12-10-15-14(4)18-17-9-7-6-8-16(15)17;/h5-9,13,18H,1,10-12H2,2-4H3;1H. The lowest BCUT2D eigenvalue weighted by molar-refractivity contribution is 0.249. The van der Waals surface area contributed by atoms with Crippen LogP contribution in [-0.2, 0) is 6.42 Å². The van der Waals surface area contributed by atoms with Crippen LogP contribution in [0.2, 0.25) is 0 Å². The number of fused-ring (bicyclic) bond motifs is 1. The van der Waals surface area contributed by atoms with Crippen LogP contribution in [-0.4, -0.2) is 29.0 Å². The molecular weight excluding hydrogens is 268 g/mol. The third-order valence-electron chi connectivity index (χ3n) is 3.77. The van der Waals surface area contributed by atoms with Gasteiger partial charge in [0.25, 0.3) is 0 Å². The highest BCUT2D eigenvalue weighted by Gasteiger charge is 2.11. The fourth-order valence-corrected chi connectivity index (χ4v) is 2.64. The number of halogens is 1. The molecule has 1 aromatic heterocycles. The van der Waals surface area contributed by atoms with E-state index in [0.29, 0.717) is 6.04 Å². The Balaban J connectivity index is 0.00000200. The Morgan fingerprint density at radius 2 is 2.00 bits per heavy atom. The van der Waals surface area contributed by atoms with E-state index >= 15 is 0 Å². The second-order valence-corrected chi connectivity index (χ2v) is 5.40. The van der Waals surface area contributed by atoms with Gasteiger partial charge in [-0.15, -0.1) is 19.0 Å². The molecule has 1 N–H and O–H groups in total. The zero-order chi connectivity index (χ0) is 13.8. The van der Waals surface area contributed by atoms with Gasteiger partial charge in [-0.05, 0) is 38.8 Å². The van der Waals surface area contributed by atoms with Gasteiger partial charge in [-0.2, -0.15) is 0 Å². The van der Waals surface area contributed by atoms with Crippen molar-refractivity contribution < 1.29 is 0 Å². The molecule has 0 radical (unpaired) electrons. The highest BCUT2D eigenvalue weighted by atomic mass is 35.5. The number of H-pyrrole nitrogens is 1. The molecule has 2 nitrogen and oxygen atoms in total. The molecule has 1 aromatic carbocycles. The fourth-order valence-electron chi connectivity index (χ4n) is 2.64. The Morgan fingerprint density at radius 3 is 2.65 bits per heavy atom. The summed E-state index contributed by atoms with van der Waals surface area (Å²) in [7, 11) is 0. The number of aryl methyl sites for hydroxylation is 1. The number of para-hydroxylation sites is 1. The van der Waals surface area contributed by atoms with Crippen molar-refractivity contribution in [1.29, 1.82) is 0 Å². The minimum atomic E-state index is 0. The fraction of sp³-hybridized carbons (Fsp3) is 0.412. The molecule has 0 saturated carbocycles. The lowest BCUT2D eigenvalue weighted by Gasteiger charge is -2.24. The van der Waals surface area contributed by atoms with E-state index in [4.69, 9.17) is 0 Å². The Kier molecular flexibility index (Phi) is 6.31. The van der Waals surface area contributed by atoms with Crippen molar-refractivity contribution in [3.05, 3.63) is 48.2 Å². The quantitative estimate of drug-likeness (QED) is 0.785. The summed E-state index contributed by atoms with van der Waals surface area (Å²) in [6.07, 6.45) is 3.07. The second kappa shape index (κ2) is 7.51. The van der Waals surface area contributed by atoms with E-state index in [1.54, 1.807) is 0 Å². The molecule has 0 unspecified atom stereocenters. The monoisotopic (exact) mass is 292 g/mol. The minimum absolute atomic E-state index is 0. The van der Waals surface area contributed by atoms with Crippen LogP contribution in [0.4, 0.5) is 0 Å². The minimum Gasteiger partial charge on any atom is -0.358 e. The summed E-state index contributed by atoms with van der Waals surface area (Å²) in [6.45, 7) is 12.5.